The number of hydrogen-bond donors (Lipinski definition) is 1. The maximum absolute atomic E-state index is 12.8. The van der Waals surface area contributed by atoms with Gasteiger partial charge in [-0.15, -0.1) is 0 Å². The van der Waals surface area contributed by atoms with Gasteiger partial charge in [0.1, 0.15) is 6.04 Å². The van der Waals surface area contributed by atoms with Crippen LogP contribution < -0.4 is 5.73 Å². The van der Waals surface area contributed by atoms with Gasteiger partial charge in [0, 0.05) is 12.0 Å². The molecule has 0 amide bonds. The molecule has 0 saturated carbocycles. The van der Waals surface area contributed by atoms with Crippen LogP contribution in [0.15, 0.2) is 12.1 Å². The van der Waals surface area contributed by atoms with Crippen molar-refractivity contribution in [1.82, 2.24) is 0 Å². The van der Waals surface area contributed by atoms with Gasteiger partial charge in [-0.3, -0.25) is 10.1 Å². The Morgan fingerprint density at radius 3 is 2.22 bits per heavy atom. The number of hydrogen-bond acceptors (Lipinski definition) is 3. The molecular weight excluding hydrogens is 263 g/mol. The van der Waals surface area contributed by atoms with E-state index in [4.69, 9.17) is 5.73 Å². The number of nitrogens with zero attached hydrogens (tertiary/aromatic N) is 1. The molecule has 0 aromatic heterocycles. The Morgan fingerprint density at radius 1 is 1.28 bits per heavy atom. The van der Waals surface area contributed by atoms with Gasteiger partial charge in [-0.1, -0.05) is 0 Å². The summed E-state index contributed by atoms with van der Waals surface area (Å²) < 4.78 is 62.2. The molecule has 0 aliphatic carbocycles. The van der Waals surface area contributed by atoms with Crippen LogP contribution >= 0.6 is 0 Å². The number of nitro benzene ring substituents is 1. The van der Waals surface area contributed by atoms with Gasteiger partial charge in [-0.2, -0.15) is 13.2 Å². The monoisotopic (exact) mass is 270 g/mol. The van der Waals surface area contributed by atoms with Crippen molar-refractivity contribution < 1.29 is 26.9 Å². The van der Waals surface area contributed by atoms with E-state index in [2.05, 4.69) is 0 Å². The van der Waals surface area contributed by atoms with Crippen molar-refractivity contribution in [1.29, 1.82) is 0 Å². The molecule has 0 saturated heterocycles. The van der Waals surface area contributed by atoms with Gasteiger partial charge in [0.15, 0.2) is 11.6 Å². The second kappa shape index (κ2) is 4.84. The second-order valence-corrected chi connectivity index (χ2v) is 3.50. The first-order valence-electron chi connectivity index (χ1n) is 4.57. The van der Waals surface area contributed by atoms with Gasteiger partial charge >= 0.3 is 6.18 Å². The number of nitrogens with two attached hydrogens (primary N) is 1. The number of rotatable bonds is 3. The number of halogens is 5. The molecule has 0 aliphatic heterocycles. The normalized spacial score (nSPS) is 13.4. The van der Waals surface area contributed by atoms with Crippen molar-refractivity contribution >= 4 is 5.69 Å². The minimum atomic E-state index is -4.78. The minimum absolute atomic E-state index is 0.230. The molecular formula is C9H7F5N2O2. The molecule has 1 unspecified atom stereocenters. The van der Waals surface area contributed by atoms with E-state index in [1.807, 2.05) is 0 Å². The van der Waals surface area contributed by atoms with Gasteiger partial charge in [0.25, 0.3) is 5.69 Å². The average molecular weight is 270 g/mol. The van der Waals surface area contributed by atoms with Crippen LogP contribution in [0, 0.1) is 21.7 Å². The van der Waals surface area contributed by atoms with Crippen molar-refractivity contribution in [2.24, 2.45) is 5.73 Å². The fourth-order valence-corrected chi connectivity index (χ4v) is 1.26. The van der Waals surface area contributed by atoms with E-state index in [1.54, 1.807) is 0 Å². The summed E-state index contributed by atoms with van der Waals surface area (Å²) in [6, 6.07) is -1.81. The van der Waals surface area contributed by atoms with Crippen molar-refractivity contribution in [2.75, 3.05) is 0 Å². The van der Waals surface area contributed by atoms with Gasteiger partial charge in [0.05, 0.1) is 11.0 Å². The molecule has 0 heterocycles. The molecule has 0 fully saturated rings. The molecule has 100 valence electrons. The Balaban J connectivity index is 3.15. The maximum atomic E-state index is 12.8. The van der Waals surface area contributed by atoms with Crippen LogP contribution in [0.5, 0.6) is 0 Å². The summed E-state index contributed by atoms with van der Waals surface area (Å²) in [7, 11) is 0. The number of alkyl halides is 3. The van der Waals surface area contributed by atoms with E-state index >= 15 is 0 Å². The summed E-state index contributed by atoms with van der Waals surface area (Å²) in [5, 5.41) is 10.5. The lowest BCUT2D eigenvalue weighted by atomic mass is 10.0. The van der Waals surface area contributed by atoms with Gasteiger partial charge in [0.2, 0.25) is 0 Å². The average Bonchev–Trinajstić information content (AvgIpc) is 2.21. The Labute approximate surface area is 97.3 Å². The van der Waals surface area contributed by atoms with E-state index in [1.165, 1.54) is 0 Å². The van der Waals surface area contributed by atoms with Crippen LogP contribution in [0.2, 0.25) is 0 Å². The van der Waals surface area contributed by atoms with Crippen LogP contribution in [0.3, 0.4) is 0 Å². The highest BCUT2D eigenvalue weighted by atomic mass is 19.4. The van der Waals surface area contributed by atoms with Crippen LogP contribution in [0.4, 0.5) is 27.6 Å². The smallest absolute Gasteiger partial charge is 0.320 e. The van der Waals surface area contributed by atoms with E-state index in [0.29, 0.717) is 6.07 Å². The maximum Gasteiger partial charge on any atom is 0.403 e. The van der Waals surface area contributed by atoms with E-state index in [0.717, 1.165) is 0 Å². The lowest BCUT2D eigenvalue weighted by molar-refractivity contribution is -0.385. The summed E-state index contributed by atoms with van der Waals surface area (Å²) in [6.07, 6.45) is -5.78. The second-order valence-electron chi connectivity index (χ2n) is 3.50. The molecule has 0 aliphatic rings. The van der Waals surface area contributed by atoms with Crippen LogP contribution in [-0.4, -0.2) is 17.1 Å². The van der Waals surface area contributed by atoms with E-state index in [-0.39, 0.29) is 6.07 Å². The van der Waals surface area contributed by atoms with Gasteiger partial charge < -0.3 is 5.73 Å². The fourth-order valence-electron chi connectivity index (χ4n) is 1.26. The molecule has 1 aromatic rings. The zero-order valence-corrected chi connectivity index (χ0v) is 8.67. The third kappa shape index (κ3) is 3.13. The predicted octanol–water partition coefficient (Wildman–Crippen LogP) is 2.31. The third-order valence-corrected chi connectivity index (χ3v) is 2.18. The largest absolute Gasteiger partial charge is 0.403 e. The first-order chi connectivity index (χ1) is 8.12. The van der Waals surface area contributed by atoms with Crippen molar-refractivity contribution in [3.63, 3.8) is 0 Å². The molecule has 2 N–H and O–H groups in total. The van der Waals surface area contributed by atoms with Crippen LogP contribution in [0.1, 0.15) is 5.56 Å². The molecule has 0 radical (unpaired) electrons. The third-order valence-electron chi connectivity index (χ3n) is 2.18. The molecule has 0 bridgehead atoms. The molecule has 1 atom stereocenters. The Hall–Kier alpha value is -1.77. The van der Waals surface area contributed by atoms with Crippen molar-refractivity contribution in [3.05, 3.63) is 39.4 Å². The Morgan fingerprint density at radius 2 is 1.78 bits per heavy atom. The lowest BCUT2D eigenvalue weighted by Gasteiger charge is -2.15. The summed E-state index contributed by atoms with van der Waals surface area (Å²) in [6.45, 7) is 0. The van der Waals surface area contributed by atoms with E-state index in [9.17, 15) is 32.1 Å². The highest BCUT2D eigenvalue weighted by molar-refractivity contribution is 5.41. The lowest BCUT2D eigenvalue weighted by Crippen LogP contribution is -2.39. The summed E-state index contributed by atoms with van der Waals surface area (Å²) in [4.78, 5) is 9.41. The van der Waals surface area contributed by atoms with Crippen LogP contribution in [0.25, 0.3) is 0 Å². The zero-order valence-electron chi connectivity index (χ0n) is 8.67. The summed E-state index contributed by atoms with van der Waals surface area (Å²) >= 11 is 0. The number of nitro groups is 1. The van der Waals surface area contributed by atoms with Gasteiger partial charge in [-0.25, -0.2) is 8.78 Å². The molecule has 0 spiro atoms. The highest BCUT2D eigenvalue weighted by Gasteiger charge is 2.38. The Kier molecular flexibility index (Phi) is 3.85. The molecule has 9 heteroatoms. The summed E-state index contributed by atoms with van der Waals surface area (Å²) in [5.74, 6) is -2.98. The molecule has 4 nitrogen and oxygen atoms in total. The molecule has 1 rings (SSSR count). The van der Waals surface area contributed by atoms with E-state index < -0.39 is 46.4 Å². The quantitative estimate of drug-likeness (QED) is 0.520. The molecule has 1 aromatic carbocycles. The summed E-state index contributed by atoms with van der Waals surface area (Å²) in [5.41, 5.74) is 3.23. The first-order valence-corrected chi connectivity index (χ1v) is 4.57. The molecule has 18 heavy (non-hydrogen) atoms. The fraction of sp³-hybridized carbons (Fsp3) is 0.333. The minimum Gasteiger partial charge on any atom is -0.320 e. The standard InChI is InChI=1S/C9H7F5N2O2/c10-5-1-4(2-8(15)9(12,13)14)7(16(17)18)3-6(5)11/h1,3,8H,2,15H2. The number of benzene rings is 1. The van der Waals surface area contributed by atoms with Crippen molar-refractivity contribution in [2.45, 2.75) is 18.6 Å². The zero-order chi connectivity index (χ0) is 14.1. The highest BCUT2D eigenvalue weighted by Crippen LogP contribution is 2.27. The van der Waals surface area contributed by atoms with Crippen molar-refractivity contribution in [3.8, 4) is 0 Å². The topological polar surface area (TPSA) is 69.2 Å². The van der Waals surface area contributed by atoms with Gasteiger partial charge in [-0.05, 0) is 6.07 Å². The van der Waals surface area contributed by atoms with Crippen LogP contribution in [-0.2, 0) is 6.42 Å². The Bertz CT molecular complexity index is 475. The predicted molar refractivity (Wildman–Crippen MR) is 50.7 cm³/mol. The SMILES string of the molecule is NC(Cc1cc(F)c(F)cc1[N+](=O)[O-])C(F)(F)F. The first kappa shape index (κ1) is 14.3.